The second-order valence-corrected chi connectivity index (χ2v) is 10.8. The molecule has 0 spiro atoms. The highest BCUT2D eigenvalue weighted by molar-refractivity contribution is 6.15. The first-order chi connectivity index (χ1) is 20.0. The van der Waals surface area contributed by atoms with Gasteiger partial charge < -0.3 is 24.5 Å². The van der Waals surface area contributed by atoms with Crippen molar-refractivity contribution < 1.29 is 9.26 Å². The van der Waals surface area contributed by atoms with E-state index in [9.17, 15) is 0 Å². The monoisotopic (exact) mass is 547 g/mol. The molecular formula is C32H33N7O2. The predicted octanol–water partition coefficient (Wildman–Crippen LogP) is 6.42. The van der Waals surface area contributed by atoms with Crippen LogP contribution in [-0.4, -0.2) is 63.3 Å². The van der Waals surface area contributed by atoms with E-state index in [1.165, 1.54) is 25.9 Å². The lowest BCUT2D eigenvalue weighted by Gasteiger charge is -2.16. The maximum absolute atomic E-state index is 5.90. The third-order valence-corrected chi connectivity index (χ3v) is 8.09. The van der Waals surface area contributed by atoms with Crippen molar-refractivity contribution in [2.75, 3.05) is 38.6 Å². The molecule has 6 aromatic rings. The molecule has 0 unspecified atom stereocenters. The molecule has 1 fully saturated rings. The number of fused-ring (bicyclic) bond motifs is 4. The summed E-state index contributed by atoms with van der Waals surface area (Å²) in [5.74, 6) is 3.03. The van der Waals surface area contributed by atoms with Gasteiger partial charge in [-0.05, 0) is 71.0 Å². The summed E-state index contributed by atoms with van der Waals surface area (Å²) in [5, 5.41) is 10.7. The van der Waals surface area contributed by atoms with Crippen LogP contribution in [0.5, 0.6) is 5.75 Å². The van der Waals surface area contributed by atoms with Crippen molar-refractivity contribution in [2.45, 2.75) is 33.6 Å². The quantitative estimate of drug-likeness (QED) is 0.236. The summed E-state index contributed by atoms with van der Waals surface area (Å²) < 4.78 is 11.4. The topological polar surface area (TPSA) is 105 Å². The molecule has 1 saturated heterocycles. The molecule has 1 aliphatic rings. The van der Waals surface area contributed by atoms with E-state index in [0.717, 1.165) is 91.3 Å². The number of benzene rings is 2. The van der Waals surface area contributed by atoms with Gasteiger partial charge >= 0.3 is 0 Å². The van der Waals surface area contributed by atoms with E-state index in [1.54, 1.807) is 7.11 Å². The molecule has 41 heavy (non-hydrogen) atoms. The maximum atomic E-state index is 5.90. The van der Waals surface area contributed by atoms with Gasteiger partial charge in [0, 0.05) is 40.5 Å². The molecule has 0 atom stereocenters. The van der Waals surface area contributed by atoms with Gasteiger partial charge in [0.05, 0.1) is 35.0 Å². The van der Waals surface area contributed by atoms with Crippen LogP contribution < -0.4 is 10.1 Å². The summed E-state index contributed by atoms with van der Waals surface area (Å²) in [6, 6.07) is 14.5. The van der Waals surface area contributed by atoms with E-state index in [2.05, 4.69) is 50.7 Å². The Kier molecular flexibility index (Phi) is 6.31. The molecule has 9 heteroatoms. The Labute approximate surface area is 237 Å². The fraction of sp³-hybridized carbons (Fsp3) is 0.312. The number of rotatable bonds is 7. The minimum absolute atomic E-state index is 0.696. The van der Waals surface area contributed by atoms with Crippen LogP contribution >= 0.6 is 0 Å². The van der Waals surface area contributed by atoms with Crippen LogP contribution in [0.2, 0.25) is 0 Å². The Morgan fingerprint density at radius 2 is 1.80 bits per heavy atom. The van der Waals surface area contributed by atoms with Gasteiger partial charge in [-0.1, -0.05) is 23.4 Å². The van der Waals surface area contributed by atoms with Gasteiger partial charge in [-0.3, -0.25) is 0 Å². The van der Waals surface area contributed by atoms with Crippen LogP contribution in [-0.2, 0) is 0 Å². The third kappa shape index (κ3) is 4.46. The first kappa shape index (κ1) is 25.5. The molecule has 0 bridgehead atoms. The first-order valence-corrected chi connectivity index (χ1v) is 14.2. The molecule has 9 nitrogen and oxygen atoms in total. The van der Waals surface area contributed by atoms with Gasteiger partial charge in [-0.15, -0.1) is 0 Å². The van der Waals surface area contributed by atoms with Gasteiger partial charge in [0.25, 0.3) is 0 Å². The van der Waals surface area contributed by atoms with Crippen LogP contribution in [0.25, 0.3) is 55.2 Å². The summed E-state index contributed by atoms with van der Waals surface area (Å²) in [6.07, 6.45) is 2.58. The number of aromatic nitrogens is 5. The Morgan fingerprint density at radius 3 is 2.59 bits per heavy atom. The molecule has 1 aliphatic heterocycles. The fourth-order valence-electron chi connectivity index (χ4n) is 6.17. The largest absolute Gasteiger partial charge is 0.496 e. The molecule has 0 amide bonds. The summed E-state index contributed by atoms with van der Waals surface area (Å²) in [7, 11) is 1.69. The highest BCUT2D eigenvalue weighted by Crippen LogP contribution is 2.42. The normalized spacial score (nSPS) is 14.0. The van der Waals surface area contributed by atoms with Gasteiger partial charge in [0.15, 0.2) is 0 Å². The van der Waals surface area contributed by atoms with Crippen molar-refractivity contribution in [3.8, 4) is 28.1 Å². The van der Waals surface area contributed by atoms with Crippen LogP contribution in [0, 0.1) is 20.8 Å². The highest BCUT2D eigenvalue weighted by atomic mass is 16.5. The number of H-pyrrole nitrogens is 1. The number of para-hydroxylation sites is 1. The van der Waals surface area contributed by atoms with Crippen LogP contribution in [0.1, 0.15) is 30.1 Å². The number of aryl methyl sites for hydroxylation is 3. The average Bonchev–Trinajstić information content (AvgIpc) is 3.70. The van der Waals surface area contributed by atoms with Crippen molar-refractivity contribution in [3.05, 3.63) is 59.7 Å². The van der Waals surface area contributed by atoms with Crippen molar-refractivity contribution in [1.29, 1.82) is 0 Å². The lowest BCUT2D eigenvalue weighted by atomic mass is 9.98. The number of likely N-dealkylation sites (tertiary alicyclic amines) is 1. The molecule has 2 aromatic carbocycles. The van der Waals surface area contributed by atoms with Crippen LogP contribution in [0.15, 0.2) is 47.0 Å². The van der Waals surface area contributed by atoms with Gasteiger partial charge in [0.1, 0.15) is 28.8 Å². The number of anilines is 1. The summed E-state index contributed by atoms with van der Waals surface area (Å²) in [5.41, 5.74) is 7.22. The lowest BCUT2D eigenvalue weighted by Crippen LogP contribution is -2.26. The van der Waals surface area contributed by atoms with E-state index < -0.39 is 0 Å². The van der Waals surface area contributed by atoms with Crippen LogP contribution in [0.3, 0.4) is 0 Å². The molecule has 208 valence electrons. The van der Waals surface area contributed by atoms with Crippen molar-refractivity contribution in [1.82, 2.24) is 30.0 Å². The summed E-state index contributed by atoms with van der Waals surface area (Å²) in [4.78, 5) is 20.8. The Bertz CT molecular complexity index is 1900. The third-order valence-electron chi connectivity index (χ3n) is 8.09. The Morgan fingerprint density at radius 1 is 0.976 bits per heavy atom. The van der Waals surface area contributed by atoms with E-state index in [1.807, 2.05) is 32.9 Å². The molecule has 2 N–H and O–H groups in total. The van der Waals surface area contributed by atoms with E-state index in [4.69, 9.17) is 24.2 Å². The number of pyridine rings is 1. The van der Waals surface area contributed by atoms with E-state index in [-0.39, 0.29) is 0 Å². The standard InChI is InChI=1S/C32H33N7O2/c1-18-29(19(2)41-38-18)24-15-26-23(16-27(24)40-4)30-31(34-20(3)35-32(30)37-26)22-17-28(33-11-14-39-12-7-8-13-39)36-25-10-6-5-9-21(22)25/h5-6,9-10,15-17H,7-8,11-14H2,1-4H3,(H,33,36)(H,34,35,37). The number of methoxy groups -OCH3 is 1. The summed E-state index contributed by atoms with van der Waals surface area (Å²) >= 11 is 0. The molecule has 7 rings (SSSR count). The first-order valence-electron chi connectivity index (χ1n) is 14.2. The number of hydrogen-bond acceptors (Lipinski definition) is 8. The fourth-order valence-corrected chi connectivity index (χ4v) is 6.17. The molecule has 4 aromatic heterocycles. The zero-order valence-electron chi connectivity index (χ0n) is 23.8. The second kappa shape index (κ2) is 10.2. The number of hydrogen-bond donors (Lipinski definition) is 2. The molecule has 5 heterocycles. The maximum Gasteiger partial charge on any atom is 0.142 e. The SMILES string of the molecule is COc1cc2c(cc1-c1c(C)noc1C)[nH]c1nc(C)nc(-c3cc(NCCN4CCCC4)nc4ccccc34)c12. The molecule has 0 aliphatic carbocycles. The minimum Gasteiger partial charge on any atom is -0.496 e. The average molecular weight is 548 g/mol. The van der Waals surface area contributed by atoms with Crippen LogP contribution in [0.4, 0.5) is 5.82 Å². The van der Waals surface area contributed by atoms with E-state index >= 15 is 0 Å². The minimum atomic E-state index is 0.696. The highest BCUT2D eigenvalue weighted by Gasteiger charge is 2.22. The number of aromatic amines is 1. The predicted molar refractivity (Wildman–Crippen MR) is 163 cm³/mol. The number of nitrogens with zero attached hydrogens (tertiary/aromatic N) is 5. The van der Waals surface area contributed by atoms with Crippen molar-refractivity contribution >= 4 is 38.7 Å². The van der Waals surface area contributed by atoms with Crippen molar-refractivity contribution in [3.63, 3.8) is 0 Å². The molecule has 0 saturated carbocycles. The Hall–Kier alpha value is -4.50. The van der Waals surface area contributed by atoms with Gasteiger partial charge in [-0.2, -0.15) is 0 Å². The molecular weight excluding hydrogens is 514 g/mol. The van der Waals surface area contributed by atoms with Crippen molar-refractivity contribution in [2.24, 2.45) is 0 Å². The second-order valence-electron chi connectivity index (χ2n) is 10.8. The number of nitrogens with one attached hydrogen (secondary N) is 2. The zero-order chi connectivity index (χ0) is 28.1. The zero-order valence-corrected chi connectivity index (χ0v) is 23.8. The van der Waals surface area contributed by atoms with Gasteiger partial charge in [-0.25, -0.2) is 15.0 Å². The van der Waals surface area contributed by atoms with E-state index in [0.29, 0.717) is 5.82 Å². The summed E-state index contributed by atoms with van der Waals surface area (Å²) in [6.45, 7) is 10.0. The smallest absolute Gasteiger partial charge is 0.142 e. The van der Waals surface area contributed by atoms with Gasteiger partial charge in [0.2, 0.25) is 0 Å². The molecule has 0 radical (unpaired) electrons. The lowest BCUT2D eigenvalue weighted by molar-refractivity contribution is 0.352. The Balaban J connectivity index is 1.41. The number of ether oxygens (including phenoxy) is 1.